The van der Waals surface area contributed by atoms with E-state index in [1.807, 2.05) is 0 Å². The predicted octanol–water partition coefficient (Wildman–Crippen LogP) is 2.59. The third-order valence-corrected chi connectivity index (χ3v) is 1.61. The summed E-state index contributed by atoms with van der Waals surface area (Å²) in [6.07, 6.45) is 1.30. The minimum atomic E-state index is -0.729. The standard InChI is InChI=1S/C9H7F2NO/c10-4-7-1-2-8(5-11)9(3-7)12-6-13/h1-3H,4-5H2. The van der Waals surface area contributed by atoms with Gasteiger partial charge in [0, 0.05) is 5.56 Å². The summed E-state index contributed by atoms with van der Waals surface area (Å²) in [7, 11) is 0. The van der Waals surface area contributed by atoms with E-state index >= 15 is 0 Å². The summed E-state index contributed by atoms with van der Waals surface area (Å²) >= 11 is 0. The second-order valence-corrected chi connectivity index (χ2v) is 2.43. The third kappa shape index (κ3) is 2.20. The molecule has 0 fully saturated rings. The van der Waals surface area contributed by atoms with Crippen LogP contribution in [0.15, 0.2) is 23.2 Å². The Balaban J connectivity index is 3.17. The van der Waals surface area contributed by atoms with E-state index in [1.165, 1.54) is 24.3 Å². The Labute approximate surface area is 73.9 Å². The molecule has 0 unspecified atom stereocenters. The van der Waals surface area contributed by atoms with Crippen molar-refractivity contribution in [3.05, 3.63) is 29.3 Å². The Hall–Kier alpha value is -1.54. The number of carbonyl (C=O) groups excluding carboxylic acids is 1. The molecule has 0 amide bonds. The van der Waals surface area contributed by atoms with Crippen molar-refractivity contribution in [2.75, 3.05) is 0 Å². The summed E-state index contributed by atoms with van der Waals surface area (Å²) in [6, 6.07) is 4.20. The van der Waals surface area contributed by atoms with E-state index in [1.54, 1.807) is 0 Å². The SMILES string of the molecule is O=C=Nc1cc(CF)ccc1CF. The highest BCUT2D eigenvalue weighted by Gasteiger charge is 2.02. The molecule has 0 radical (unpaired) electrons. The maximum absolute atomic E-state index is 12.3. The van der Waals surface area contributed by atoms with Crippen LogP contribution < -0.4 is 0 Å². The normalized spacial score (nSPS) is 9.38. The van der Waals surface area contributed by atoms with Crippen molar-refractivity contribution >= 4 is 11.8 Å². The average Bonchev–Trinajstić information content (AvgIpc) is 2.18. The fourth-order valence-electron chi connectivity index (χ4n) is 0.959. The van der Waals surface area contributed by atoms with Gasteiger partial charge in [0.05, 0.1) is 5.69 Å². The lowest BCUT2D eigenvalue weighted by Crippen LogP contribution is -1.83. The van der Waals surface area contributed by atoms with E-state index < -0.39 is 13.3 Å². The average molecular weight is 183 g/mol. The summed E-state index contributed by atoms with van der Waals surface area (Å²) in [5, 5.41) is 0. The van der Waals surface area contributed by atoms with E-state index in [4.69, 9.17) is 0 Å². The van der Waals surface area contributed by atoms with Gasteiger partial charge in [-0.25, -0.2) is 13.6 Å². The molecule has 0 aliphatic heterocycles. The molecule has 1 rings (SSSR count). The zero-order valence-corrected chi connectivity index (χ0v) is 6.76. The largest absolute Gasteiger partial charge is 0.246 e. The first-order valence-electron chi connectivity index (χ1n) is 3.63. The maximum Gasteiger partial charge on any atom is 0.240 e. The topological polar surface area (TPSA) is 29.4 Å². The molecule has 4 heteroatoms. The van der Waals surface area contributed by atoms with E-state index in [0.717, 1.165) is 0 Å². The number of aliphatic imine (C=N–C) groups is 1. The van der Waals surface area contributed by atoms with E-state index in [-0.39, 0.29) is 11.3 Å². The molecule has 0 spiro atoms. The molecule has 68 valence electrons. The first-order valence-corrected chi connectivity index (χ1v) is 3.63. The molecule has 0 saturated heterocycles. The lowest BCUT2D eigenvalue weighted by atomic mass is 10.1. The Morgan fingerprint density at radius 2 is 2.08 bits per heavy atom. The van der Waals surface area contributed by atoms with E-state index in [2.05, 4.69) is 4.99 Å². The number of hydrogen-bond donors (Lipinski definition) is 0. The summed E-state index contributed by atoms with van der Waals surface area (Å²) in [5.74, 6) is 0. The summed E-state index contributed by atoms with van der Waals surface area (Å²) in [5.41, 5.74) is 0.777. The van der Waals surface area contributed by atoms with Crippen LogP contribution in [0.25, 0.3) is 0 Å². The van der Waals surface area contributed by atoms with Crippen LogP contribution in [0.3, 0.4) is 0 Å². The van der Waals surface area contributed by atoms with Crippen LogP contribution in [0.2, 0.25) is 0 Å². The molecule has 0 heterocycles. The molecule has 0 N–H and O–H groups in total. The highest BCUT2D eigenvalue weighted by atomic mass is 19.1. The van der Waals surface area contributed by atoms with Gasteiger partial charge in [0.1, 0.15) is 13.3 Å². The van der Waals surface area contributed by atoms with Crippen molar-refractivity contribution in [1.29, 1.82) is 0 Å². The summed E-state index contributed by atoms with van der Waals surface area (Å²) < 4.78 is 24.4. The molecular formula is C9H7F2NO. The van der Waals surface area contributed by atoms with Gasteiger partial charge >= 0.3 is 0 Å². The highest BCUT2D eigenvalue weighted by molar-refractivity contribution is 5.54. The van der Waals surface area contributed by atoms with Gasteiger partial charge in [-0.2, -0.15) is 4.99 Å². The second-order valence-electron chi connectivity index (χ2n) is 2.43. The number of rotatable bonds is 3. The number of halogens is 2. The maximum atomic E-state index is 12.3. The lowest BCUT2D eigenvalue weighted by Gasteiger charge is -2.00. The molecule has 0 aliphatic carbocycles. The first kappa shape index (κ1) is 9.55. The number of benzene rings is 1. The molecule has 2 nitrogen and oxygen atoms in total. The molecular weight excluding hydrogens is 176 g/mol. The van der Waals surface area contributed by atoms with E-state index in [9.17, 15) is 13.6 Å². The summed E-state index contributed by atoms with van der Waals surface area (Å²) in [4.78, 5) is 13.2. The first-order chi connectivity index (χ1) is 6.31. The van der Waals surface area contributed by atoms with Gasteiger partial charge in [-0.1, -0.05) is 12.1 Å². The zero-order valence-electron chi connectivity index (χ0n) is 6.76. The molecule has 1 aromatic carbocycles. The van der Waals surface area contributed by atoms with Crippen LogP contribution in [0.4, 0.5) is 14.5 Å². The number of nitrogens with zero attached hydrogens (tertiary/aromatic N) is 1. The smallest absolute Gasteiger partial charge is 0.240 e. The van der Waals surface area contributed by atoms with Gasteiger partial charge in [0.15, 0.2) is 0 Å². The Morgan fingerprint density at radius 3 is 2.62 bits per heavy atom. The molecule has 13 heavy (non-hydrogen) atoms. The molecule has 1 aromatic rings. The van der Waals surface area contributed by atoms with Crippen molar-refractivity contribution in [1.82, 2.24) is 0 Å². The predicted molar refractivity (Wildman–Crippen MR) is 43.8 cm³/mol. The number of alkyl halides is 2. The van der Waals surface area contributed by atoms with Crippen molar-refractivity contribution in [2.24, 2.45) is 4.99 Å². The van der Waals surface area contributed by atoms with Crippen LogP contribution in [0.1, 0.15) is 11.1 Å². The molecule has 0 aliphatic rings. The van der Waals surface area contributed by atoms with Crippen LogP contribution in [-0.4, -0.2) is 6.08 Å². The number of isocyanates is 1. The monoisotopic (exact) mass is 183 g/mol. The van der Waals surface area contributed by atoms with E-state index in [0.29, 0.717) is 5.56 Å². The van der Waals surface area contributed by atoms with Gasteiger partial charge in [0.2, 0.25) is 6.08 Å². The quantitative estimate of drug-likeness (QED) is 0.523. The van der Waals surface area contributed by atoms with Crippen molar-refractivity contribution in [3.63, 3.8) is 0 Å². The van der Waals surface area contributed by atoms with Gasteiger partial charge in [0.25, 0.3) is 0 Å². The van der Waals surface area contributed by atoms with Crippen LogP contribution >= 0.6 is 0 Å². The fourth-order valence-corrected chi connectivity index (χ4v) is 0.959. The Bertz CT molecular complexity index is 345. The van der Waals surface area contributed by atoms with Gasteiger partial charge < -0.3 is 0 Å². The van der Waals surface area contributed by atoms with Gasteiger partial charge in [-0.3, -0.25) is 0 Å². The second kappa shape index (κ2) is 4.48. The third-order valence-electron chi connectivity index (χ3n) is 1.61. The van der Waals surface area contributed by atoms with Crippen LogP contribution in [0.5, 0.6) is 0 Å². The van der Waals surface area contributed by atoms with Crippen LogP contribution in [0, 0.1) is 0 Å². The minimum Gasteiger partial charge on any atom is -0.246 e. The molecule has 0 bridgehead atoms. The Kier molecular flexibility index (Phi) is 3.29. The Morgan fingerprint density at radius 1 is 1.31 bits per heavy atom. The van der Waals surface area contributed by atoms with Crippen molar-refractivity contribution in [2.45, 2.75) is 13.3 Å². The lowest BCUT2D eigenvalue weighted by molar-refractivity contribution is 0.479. The fraction of sp³-hybridized carbons (Fsp3) is 0.222. The van der Waals surface area contributed by atoms with Crippen LogP contribution in [-0.2, 0) is 18.1 Å². The number of hydrogen-bond acceptors (Lipinski definition) is 2. The van der Waals surface area contributed by atoms with Gasteiger partial charge in [-0.05, 0) is 11.6 Å². The van der Waals surface area contributed by atoms with Crippen molar-refractivity contribution < 1.29 is 13.6 Å². The molecule has 0 aromatic heterocycles. The minimum absolute atomic E-state index is 0.146. The summed E-state index contributed by atoms with van der Waals surface area (Å²) in [6.45, 7) is -1.39. The van der Waals surface area contributed by atoms with Crippen molar-refractivity contribution in [3.8, 4) is 0 Å². The zero-order chi connectivity index (χ0) is 9.68. The highest BCUT2D eigenvalue weighted by Crippen LogP contribution is 2.21. The van der Waals surface area contributed by atoms with Gasteiger partial charge in [-0.15, -0.1) is 0 Å². The molecule has 0 atom stereocenters. The molecule has 0 saturated carbocycles.